The average molecular weight is 235 g/mol. The van der Waals surface area contributed by atoms with Crippen LogP contribution in [0.5, 0.6) is 0 Å². The van der Waals surface area contributed by atoms with E-state index in [1.165, 1.54) is 5.57 Å². The van der Waals surface area contributed by atoms with Crippen molar-refractivity contribution in [2.45, 2.75) is 53.6 Å². The van der Waals surface area contributed by atoms with Gasteiger partial charge in [0.1, 0.15) is 0 Å². The maximum Gasteiger partial charge on any atom is 0.247 e. The van der Waals surface area contributed by atoms with Gasteiger partial charge in [-0.05, 0) is 31.3 Å². The molecule has 0 aromatic carbocycles. The SMILES string of the molecule is CC(C)C1=CC=CC(=O)N(C(C)C)C1C(C)C. The summed E-state index contributed by atoms with van der Waals surface area (Å²) in [5, 5.41) is 0. The third kappa shape index (κ3) is 2.99. The van der Waals surface area contributed by atoms with Crippen LogP contribution in [-0.2, 0) is 4.79 Å². The smallest absolute Gasteiger partial charge is 0.247 e. The average Bonchev–Trinajstić information content (AvgIpc) is 2.36. The lowest BCUT2D eigenvalue weighted by molar-refractivity contribution is -0.130. The summed E-state index contributed by atoms with van der Waals surface area (Å²) < 4.78 is 0. The first-order valence-corrected chi connectivity index (χ1v) is 6.56. The number of carbonyl (C=O) groups excluding carboxylic acids is 1. The second-order valence-electron chi connectivity index (χ2n) is 5.71. The molecule has 1 atom stereocenters. The molecule has 1 aliphatic rings. The molecule has 0 aromatic rings. The third-order valence-electron chi connectivity index (χ3n) is 3.28. The molecule has 0 bridgehead atoms. The van der Waals surface area contributed by atoms with Crippen molar-refractivity contribution in [3.8, 4) is 0 Å². The predicted molar refractivity (Wildman–Crippen MR) is 72.7 cm³/mol. The van der Waals surface area contributed by atoms with E-state index in [0.29, 0.717) is 11.8 Å². The summed E-state index contributed by atoms with van der Waals surface area (Å²) in [5.74, 6) is 1.04. The van der Waals surface area contributed by atoms with Crippen LogP contribution < -0.4 is 0 Å². The van der Waals surface area contributed by atoms with E-state index in [1.807, 2.05) is 11.0 Å². The summed E-state index contributed by atoms with van der Waals surface area (Å²) in [7, 11) is 0. The van der Waals surface area contributed by atoms with E-state index in [2.05, 4.69) is 47.6 Å². The topological polar surface area (TPSA) is 20.3 Å². The molecule has 96 valence electrons. The number of amides is 1. The van der Waals surface area contributed by atoms with Crippen LogP contribution in [0, 0.1) is 11.8 Å². The maximum atomic E-state index is 12.1. The molecule has 0 aromatic heterocycles. The second-order valence-corrected chi connectivity index (χ2v) is 5.71. The van der Waals surface area contributed by atoms with Crippen molar-refractivity contribution in [1.29, 1.82) is 0 Å². The normalized spacial score (nSPS) is 21.5. The molecule has 0 fully saturated rings. The monoisotopic (exact) mass is 235 g/mol. The molecule has 0 radical (unpaired) electrons. The molecular formula is C15H25NO. The van der Waals surface area contributed by atoms with Crippen LogP contribution in [0.2, 0.25) is 0 Å². The van der Waals surface area contributed by atoms with E-state index < -0.39 is 0 Å². The largest absolute Gasteiger partial charge is 0.330 e. The molecule has 1 rings (SSSR count). The van der Waals surface area contributed by atoms with Crippen molar-refractivity contribution in [3.05, 3.63) is 23.8 Å². The van der Waals surface area contributed by atoms with Gasteiger partial charge in [0.05, 0.1) is 6.04 Å². The Kier molecular flexibility index (Phi) is 4.55. The van der Waals surface area contributed by atoms with Gasteiger partial charge in [-0.2, -0.15) is 0 Å². The lowest BCUT2D eigenvalue weighted by Crippen LogP contribution is -2.48. The fourth-order valence-electron chi connectivity index (χ4n) is 2.54. The van der Waals surface area contributed by atoms with Gasteiger partial charge in [-0.25, -0.2) is 0 Å². The zero-order valence-electron chi connectivity index (χ0n) is 11.9. The number of nitrogens with zero attached hydrogens (tertiary/aromatic N) is 1. The first-order valence-electron chi connectivity index (χ1n) is 6.56. The Hall–Kier alpha value is -1.05. The van der Waals surface area contributed by atoms with Crippen LogP contribution in [0.1, 0.15) is 41.5 Å². The van der Waals surface area contributed by atoms with Crippen LogP contribution in [0.25, 0.3) is 0 Å². The molecule has 1 unspecified atom stereocenters. The van der Waals surface area contributed by atoms with Gasteiger partial charge >= 0.3 is 0 Å². The van der Waals surface area contributed by atoms with Gasteiger partial charge in [0.25, 0.3) is 0 Å². The molecule has 1 aliphatic heterocycles. The molecule has 2 nitrogen and oxygen atoms in total. The maximum absolute atomic E-state index is 12.1. The minimum Gasteiger partial charge on any atom is -0.330 e. The Morgan fingerprint density at radius 2 is 1.71 bits per heavy atom. The van der Waals surface area contributed by atoms with Crippen molar-refractivity contribution >= 4 is 5.91 Å². The van der Waals surface area contributed by atoms with E-state index in [0.717, 1.165) is 0 Å². The van der Waals surface area contributed by atoms with Gasteiger partial charge in [0, 0.05) is 12.1 Å². The Morgan fingerprint density at radius 1 is 1.12 bits per heavy atom. The van der Waals surface area contributed by atoms with Crippen molar-refractivity contribution < 1.29 is 4.79 Å². The predicted octanol–water partition coefficient (Wildman–Crippen LogP) is 3.40. The summed E-state index contributed by atoms with van der Waals surface area (Å²) in [6.45, 7) is 12.9. The molecule has 0 aliphatic carbocycles. The van der Waals surface area contributed by atoms with Gasteiger partial charge in [-0.3, -0.25) is 4.79 Å². The van der Waals surface area contributed by atoms with Crippen LogP contribution in [-0.4, -0.2) is 22.9 Å². The minimum absolute atomic E-state index is 0.130. The molecule has 17 heavy (non-hydrogen) atoms. The molecule has 2 heteroatoms. The highest BCUT2D eigenvalue weighted by Gasteiger charge is 2.32. The molecule has 1 amide bonds. The van der Waals surface area contributed by atoms with E-state index in [9.17, 15) is 4.79 Å². The minimum atomic E-state index is 0.130. The summed E-state index contributed by atoms with van der Waals surface area (Å²) in [6.07, 6.45) is 5.70. The second kappa shape index (κ2) is 5.52. The first-order chi connectivity index (χ1) is 7.86. The van der Waals surface area contributed by atoms with Gasteiger partial charge in [-0.15, -0.1) is 0 Å². The molecule has 0 spiro atoms. The Bertz CT molecular complexity index is 337. The quantitative estimate of drug-likeness (QED) is 0.734. The highest BCUT2D eigenvalue weighted by Crippen LogP contribution is 2.29. The standard InChI is InChI=1S/C15H25NO/c1-10(2)13-8-7-9-14(17)16(12(5)6)15(13)11(3)4/h7-12,15H,1-6H3. The first kappa shape index (κ1) is 14.0. The fourth-order valence-corrected chi connectivity index (χ4v) is 2.54. The van der Waals surface area contributed by atoms with E-state index in [-0.39, 0.29) is 18.0 Å². The molecule has 0 saturated heterocycles. The van der Waals surface area contributed by atoms with Crippen molar-refractivity contribution in [3.63, 3.8) is 0 Å². The van der Waals surface area contributed by atoms with Gasteiger partial charge in [0.2, 0.25) is 5.91 Å². The number of rotatable bonds is 3. The summed E-state index contributed by atoms with van der Waals surface area (Å²) in [5.41, 5.74) is 1.36. The lowest BCUT2D eigenvalue weighted by Gasteiger charge is -2.39. The Balaban J connectivity index is 3.20. The highest BCUT2D eigenvalue weighted by molar-refractivity contribution is 5.89. The lowest BCUT2D eigenvalue weighted by atomic mass is 9.86. The zero-order chi connectivity index (χ0) is 13.2. The van der Waals surface area contributed by atoms with Crippen molar-refractivity contribution in [2.24, 2.45) is 11.8 Å². The number of carbonyl (C=O) groups is 1. The number of hydrogen-bond acceptors (Lipinski definition) is 1. The summed E-state index contributed by atoms with van der Waals surface area (Å²) in [4.78, 5) is 14.2. The van der Waals surface area contributed by atoms with Crippen molar-refractivity contribution in [2.75, 3.05) is 0 Å². The van der Waals surface area contributed by atoms with E-state index >= 15 is 0 Å². The van der Waals surface area contributed by atoms with Gasteiger partial charge in [0.15, 0.2) is 0 Å². The van der Waals surface area contributed by atoms with Crippen LogP contribution >= 0.6 is 0 Å². The Labute approximate surface area is 105 Å². The summed E-state index contributed by atoms with van der Waals surface area (Å²) >= 11 is 0. The Morgan fingerprint density at radius 3 is 2.12 bits per heavy atom. The van der Waals surface area contributed by atoms with Crippen LogP contribution in [0.15, 0.2) is 23.8 Å². The zero-order valence-corrected chi connectivity index (χ0v) is 11.9. The van der Waals surface area contributed by atoms with E-state index in [1.54, 1.807) is 6.08 Å². The highest BCUT2D eigenvalue weighted by atomic mass is 16.2. The molecule has 0 saturated carbocycles. The van der Waals surface area contributed by atoms with Gasteiger partial charge < -0.3 is 4.90 Å². The summed E-state index contributed by atoms with van der Waals surface area (Å²) in [6, 6.07) is 0.456. The van der Waals surface area contributed by atoms with Gasteiger partial charge in [-0.1, -0.05) is 39.8 Å². The third-order valence-corrected chi connectivity index (χ3v) is 3.28. The van der Waals surface area contributed by atoms with E-state index in [4.69, 9.17) is 0 Å². The number of hydrogen-bond donors (Lipinski definition) is 0. The molecule has 0 N–H and O–H groups in total. The molecule has 1 heterocycles. The number of allylic oxidation sites excluding steroid dienone is 2. The fraction of sp³-hybridized carbons (Fsp3) is 0.667. The van der Waals surface area contributed by atoms with Crippen molar-refractivity contribution in [1.82, 2.24) is 4.90 Å². The molecular weight excluding hydrogens is 210 g/mol. The van der Waals surface area contributed by atoms with Crippen LogP contribution in [0.4, 0.5) is 0 Å². The van der Waals surface area contributed by atoms with Crippen LogP contribution in [0.3, 0.4) is 0 Å².